The van der Waals surface area contributed by atoms with Crippen molar-refractivity contribution in [2.24, 2.45) is 0 Å². The molecule has 0 spiro atoms. The van der Waals surface area contributed by atoms with Gasteiger partial charge in [0, 0.05) is 44.3 Å². The van der Waals surface area contributed by atoms with Crippen LogP contribution >= 0.6 is 11.6 Å². The number of halogens is 1. The number of hydrogen-bond donors (Lipinski definition) is 2. The maximum Gasteiger partial charge on any atom is 0.161 e. The van der Waals surface area contributed by atoms with E-state index in [0.717, 1.165) is 56.3 Å². The smallest absolute Gasteiger partial charge is 0.161 e. The highest BCUT2D eigenvalue weighted by molar-refractivity contribution is 6.30. The van der Waals surface area contributed by atoms with Crippen LogP contribution in [0.15, 0.2) is 42.5 Å². The summed E-state index contributed by atoms with van der Waals surface area (Å²) >= 11 is 6.04. The van der Waals surface area contributed by atoms with E-state index in [4.69, 9.17) is 21.1 Å². The Morgan fingerprint density at radius 2 is 1.87 bits per heavy atom. The number of nitrogens with zero attached hydrogens (tertiary/aromatic N) is 2. The van der Waals surface area contributed by atoms with Gasteiger partial charge < -0.3 is 24.8 Å². The normalized spacial score (nSPS) is 16.3. The lowest BCUT2D eigenvalue weighted by Crippen LogP contribution is -2.47. The number of likely N-dealkylation sites (N-methyl/N-ethyl adjacent to an activating group) is 1. The highest BCUT2D eigenvalue weighted by Crippen LogP contribution is 2.28. The maximum atomic E-state index is 10.4. The molecule has 0 aliphatic carbocycles. The van der Waals surface area contributed by atoms with Crippen LogP contribution in [0.25, 0.3) is 0 Å². The fourth-order valence-electron chi connectivity index (χ4n) is 3.67. The van der Waals surface area contributed by atoms with E-state index >= 15 is 0 Å². The Labute approximate surface area is 190 Å². The standard InChI is InChI=1S/C24H34ClN3O3/c1-27-10-12-28(13-11-27)17-22(29)18-31-24-15-20(6-7-23(24)30-2)16-26-9-8-19-4-3-5-21(25)14-19/h3-7,14-15,22,26,29H,8-13,16-18H2,1-2H3/t22-/m1/s1. The zero-order chi connectivity index (χ0) is 22.1. The number of methoxy groups -OCH3 is 1. The van der Waals surface area contributed by atoms with E-state index in [1.807, 2.05) is 36.4 Å². The number of β-amino-alcohol motifs (C(OH)–C–C–N with tert-alkyl or cyclic N) is 1. The zero-order valence-electron chi connectivity index (χ0n) is 18.5. The van der Waals surface area contributed by atoms with Crippen molar-refractivity contribution in [3.05, 3.63) is 58.6 Å². The summed E-state index contributed by atoms with van der Waals surface area (Å²) in [4.78, 5) is 4.59. The second-order valence-electron chi connectivity index (χ2n) is 8.11. The van der Waals surface area contributed by atoms with Crippen LogP contribution in [0.2, 0.25) is 5.02 Å². The number of aliphatic hydroxyl groups excluding tert-OH is 1. The molecular weight excluding hydrogens is 414 g/mol. The van der Waals surface area contributed by atoms with Crippen molar-refractivity contribution >= 4 is 11.6 Å². The largest absolute Gasteiger partial charge is 0.493 e. The lowest BCUT2D eigenvalue weighted by Gasteiger charge is -2.33. The topological polar surface area (TPSA) is 57.2 Å². The summed E-state index contributed by atoms with van der Waals surface area (Å²) in [5.41, 5.74) is 2.32. The van der Waals surface area contributed by atoms with Crippen molar-refractivity contribution in [3.63, 3.8) is 0 Å². The second kappa shape index (κ2) is 12.3. The number of nitrogens with one attached hydrogen (secondary N) is 1. The molecule has 6 nitrogen and oxygen atoms in total. The molecule has 0 unspecified atom stereocenters. The van der Waals surface area contributed by atoms with Gasteiger partial charge in [0.2, 0.25) is 0 Å². The van der Waals surface area contributed by atoms with Crippen LogP contribution in [0.5, 0.6) is 11.5 Å². The number of benzene rings is 2. The summed E-state index contributed by atoms with van der Waals surface area (Å²) in [6, 6.07) is 13.9. The minimum absolute atomic E-state index is 0.244. The highest BCUT2D eigenvalue weighted by Gasteiger charge is 2.18. The van der Waals surface area contributed by atoms with Gasteiger partial charge in [-0.25, -0.2) is 0 Å². The fourth-order valence-corrected chi connectivity index (χ4v) is 3.88. The van der Waals surface area contributed by atoms with Gasteiger partial charge in [-0.3, -0.25) is 4.90 Å². The van der Waals surface area contributed by atoms with E-state index in [-0.39, 0.29) is 6.61 Å². The Hall–Kier alpha value is -1.83. The first-order valence-corrected chi connectivity index (χ1v) is 11.2. The molecule has 1 heterocycles. The molecule has 3 rings (SSSR count). The molecule has 1 aliphatic rings. The fraction of sp³-hybridized carbons (Fsp3) is 0.500. The quantitative estimate of drug-likeness (QED) is 0.516. The van der Waals surface area contributed by atoms with Crippen molar-refractivity contribution in [1.29, 1.82) is 0 Å². The van der Waals surface area contributed by atoms with Crippen molar-refractivity contribution < 1.29 is 14.6 Å². The zero-order valence-corrected chi connectivity index (χ0v) is 19.3. The summed E-state index contributed by atoms with van der Waals surface area (Å²) in [5.74, 6) is 1.34. The van der Waals surface area contributed by atoms with Crippen LogP contribution in [0, 0.1) is 0 Å². The molecule has 0 bridgehead atoms. The first kappa shape index (κ1) is 23.8. The molecule has 2 N–H and O–H groups in total. The van der Waals surface area contributed by atoms with Gasteiger partial charge >= 0.3 is 0 Å². The minimum Gasteiger partial charge on any atom is -0.493 e. The first-order valence-electron chi connectivity index (χ1n) is 10.9. The Kier molecular flexibility index (Phi) is 9.43. The van der Waals surface area contributed by atoms with E-state index in [2.05, 4.69) is 28.2 Å². The van der Waals surface area contributed by atoms with Crippen LogP contribution < -0.4 is 14.8 Å². The predicted octanol–water partition coefficient (Wildman–Crippen LogP) is 2.67. The van der Waals surface area contributed by atoms with Crippen LogP contribution in [0.3, 0.4) is 0 Å². The lowest BCUT2D eigenvalue weighted by atomic mass is 10.1. The Morgan fingerprint density at radius 1 is 1.06 bits per heavy atom. The molecule has 2 aromatic rings. The Bertz CT molecular complexity index is 812. The molecule has 0 amide bonds. The van der Waals surface area contributed by atoms with Gasteiger partial charge in [0.25, 0.3) is 0 Å². The second-order valence-corrected chi connectivity index (χ2v) is 8.55. The van der Waals surface area contributed by atoms with E-state index in [1.54, 1.807) is 7.11 Å². The van der Waals surface area contributed by atoms with Crippen molar-refractivity contribution in [2.45, 2.75) is 19.1 Å². The van der Waals surface area contributed by atoms with Gasteiger partial charge in [0.05, 0.1) is 7.11 Å². The average molecular weight is 448 g/mol. The number of aliphatic hydroxyl groups is 1. The first-order chi connectivity index (χ1) is 15.0. The monoisotopic (exact) mass is 447 g/mol. The molecule has 170 valence electrons. The minimum atomic E-state index is -0.535. The maximum absolute atomic E-state index is 10.4. The third kappa shape index (κ3) is 7.98. The number of hydrogen-bond acceptors (Lipinski definition) is 6. The van der Waals surface area contributed by atoms with E-state index in [0.29, 0.717) is 18.0 Å². The van der Waals surface area contributed by atoms with E-state index in [1.165, 1.54) is 5.56 Å². The number of piperazine rings is 1. The highest BCUT2D eigenvalue weighted by atomic mass is 35.5. The van der Waals surface area contributed by atoms with Gasteiger partial charge in [-0.15, -0.1) is 0 Å². The molecule has 1 aliphatic heterocycles. The predicted molar refractivity (Wildman–Crippen MR) is 125 cm³/mol. The van der Waals surface area contributed by atoms with Crippen LogP contribution in [0.1, 0.15) is 11.1 Å². The number of rotatable bonds is 11. The average Bonchev–Trinajstić information content (AvgIpc) is 2.77. The molecule has 0 radical (unpaired) electrons. The van der Waals surface area contributed by atoms with Gasteiger partial charge in [-0.2, -0.15) is 0 Å². The van der Waals surface area contributed by atoms with Gasteiger partial charge in [-0.1, -0.05) is 29.8 Å². The molecule has 1 atom stereocenters. The Balaban J connectivity index is 1.45. The molecule has 1 fully saturated rings. The SMILES string of the molecule is COc1ccc(CNCCc2cccc(Cl)c2)cc1OC[C@H](O)CN1CCN(C)CC1. The van der Waals surface area contributed by atoms with Crippen molar-refractivity contribution in [3.8, 4) is 11.5 Å². The van der Waals surface area contributed by atoms with Crippen LogP contribution in [0.4, 0.5) is 0 Å². The summed E-state index contributed by atoms with van der Waals surface area (Å²) < 4.78 is 11.4. The third-order valence-corrected chi connectivity index (χ3v) is 5.77. The molecule has 31 heavy (non-hydrogen) atoms. The van der Waals surface area contributed by atoms with E-state index < -0.39 is 6.10 Å². The summed E-state index contributed by atoms with van der Waals surface area (Å²) in [6.45, 7) is 6.48. The van der Waals surface area contributed by atoms with Crippen molar-refractivity contribution in [2.75, 3.05) is 60.0 Å². The third-order valence-electron chi connectivity index (χ3n) is 5.53. The van der Waals surface area contributed by atoms with Crippen LogP contribution in [-0.4, -0.2) is 81.0 Å². The van der Waals surface area contributed by atoms with Crippen LogP contribution in [-0.2, 0) is 13.0 Å². The number of ether oxygens (including phenoxy) is 2. The Morgan fingerprint density at radius 3 is 2.61 bits per heavy atom. The molecule has 7 heteroatoms. The lowest BCUT2D eigenvalue weighted by molar-refractivity contribution is 0.0498. The summed E-state index contributed by atoms with van der Waals surface area (Å²) in [7, 11) is 3.76. The molecule has 1 saturated heterocycles. The summed E-state index contributed by atoms with van der Waals surface area (Å²) in [5, 5.41) is 14.6. The summed E-state index contributed by atoms with van der Waals surface area (Å²) in [6.07, 6.45) is 0.381. The van der Waals surface area contributed by atoms with E-state index in [9.17, 15) is 5.11 Å². The van der Waals surface area contributed by atoms with Gasteiger partial charge in [0.1, 0.15) is 12.7 Å². The van der Waals surface area contributed by atoms with Gasteiger partial charge in [0.15, 0.2) is 11.5 Å². The molecule has 0 saturated carbocycles. The molecule has 2 aromatic carbocycles. The molecule has 0 aromatic heterocycles. The van der Waals surface area contributed by atoms with Crippen molar-refractivity contribution in [1.82, 2.24) is 15.1 Å². The van der Waals surface area contributed by atoms with Gasteiger partial charge in [-0.05, 0) is 55.4 Å². The molecular formula is C24H34ClN3O3.